The van der Waals surface area contributed by atoms with Gasteiger partial charge in [-0.1, -0.05) is 30.3 Å². The molecule has 0 aliphatic carbocycles. The average molecular weight is 471 g/mol. The van der Waals surface area contributed by atoms with Crippen LogP contribution in [0.25, 0.3) is 11.1 Å². The fourth-order valence-electron chi connectivity index (χ4n) is 4.98. The molecule has 3 aliphatic heterocycles. The number of rotatable bonds is 6. The minimum atomic E-state index is -0.325. The zero-order valence-corrected chi connectivity index (χ0v) is 19.8. The Kier molecular flexibility index (Phi) is 6.68. The van der Waals surface area contributed by atoms with Gasteiger partial charge in [0, 0.05) is 29.7 Å². The van der Waals surface area contributed by atoms with E-state index in [1.807, 2.05) is 60.7 Å². The van der Waals surface area contributed by atoms with Gasteiger partial charge in [0.15, 0.2) is 0 Å². The summed E-state index contributed by atoms with van der Waals surface area (Å²) in [6.07, 6.45) is 2.26. The standard InChI is InChI=1S/C28H30N4O3/c1-35-25-4-2-3-24(17-25)31-28(34)30-23-11-7-20(8-12-23)19-5-9-22(10-6-19)29-27(33)26-18-32-15-13-21(26)14-16-32/h2-12,17,21,26H,13-16,18H2,1H3,(H,29,33)(H2,30,31,34). The number of piperidine rings is 3. The van der Waals surface area contributed by atoms with Crippen molar-refractivity contribution in [2.45, 2.75) is 12.8 Å². The molecule has 0 aromatic heterocycles. The van der Waals surface area contributed by atoms with E-state index in [0.717, 1.165) is 49.3 Å². The Morgan fingerprint density at radius 1 is 0.800 bits per heavy atom. The normalized spacial score (nSPS) is 20.7. The maximum Gasteiger partial charge on any atom is 0.323 e. The number of anilines is 3. The number of carbonyl (C=O) groups is 2. The van der Waals surface area contributed by atoms with Crippen LogP contribution in [-0.2, 0) is 4.79 Å². The zero-order chi connectivity index (χ0) is 24.2. The molecule has 0 radical (unpaired) electrons. The second-order valence-corrected chi connectivity index (χ2v) is 9.20. The summed E-state index contributed by atoms with van der Waals surface area (Å²) in [6, 6.07) is 22.4. The van der Waals surface area contributed by atoms with Gasteiger partial charge in [0.25, 0.3) is 0 Å². The summed E-state index contributed by atoms with van der Waals surface area (Å²) >= 11 is 0. The molecule has 3 amide bonds. The maximum absolute atomic E-state index is 12.8. The van der Waals surface area contributed by atoms with Gasteiger partial charge >= 0.3 is 6.03 Å². The Morgan fingerprint density at radius 3 is 1.97 bits per heavy atom. The van der Waals surface area contributed by atoms with Crippen LogP contribution in [0.3, 0.4) is 0 Å². The van der Waals surface area contributed by atoms with Gasteiger partial charge in [0.2, 0.25) is 5.91 Å². The summed E-state index contributed by atoms with van der Waals surface area (Å²) in [5.41, 5.74) is 4.23. The first-order valence-corrected chi connectivity index (χ1v) is 12.0. The van der Waals surface area contributed by atoms with Gasteiger partial charge in [-0.2, -0.15) is 0 Å². The third-order valence-corrected chi connectivity index (χ3v) is 6.95. The van der Waals surface area contributed by atoms with Gasteiger partial charge in [0.05, 0.1) is 13.0 Å². The van der Waals surface area contributed by atoms with Crippen LogP contribution in [-0.4, -0.2) is 43.6 Å². The fraction of sp³-hybridized carbons (Fsp3) is 0.286. The summed E-state index contributed by atoms with van der Waals surface area (Å²) in [5, 5.41) is 8.74. The highest BCUT2D eigenvalue weighted by molar-refractivity contribution is 6.00. The SMILES string of the molecule is COc1cccc(NC(=O)Nc2ccc(-c3ccc(NC(=O)C4CN5CCC4CC5)cc3)cc2)c1. The van der Waals surface area contributed by atoms with E-state index in [4.69, 9.17) is 4.74 Å². The lowest BCUT2D eigenvalue weighted by Crippen LogP contribution is -2.51. The van der Waals surface area contributed by atoms with Crippen LogP contribution in [0.15, 0.2) is 72.8 Å². The molecule has 3 aromatic rings. The number of methoxy groups -OCH3 is 1. The molecule has 3 fully saturated rings. The highest BCUT2D eigenvalue weighted by Crippen LogP contribution is 2.33. The molecule has 3 aromatic carbocycles. The maximum atomic E-state index is 12.8. The molecule has 180 valence electrons. The van der Waals surface area contributed by atoms with E-state index in [-0.39, 0.29) is 17.9 Å². The van der Waals surface area contributed by atoms with Crippen molar-refractivity contribution in [3.05, 3.63) is 72.8 Å². The van der Waals surface area contributed by atoms with Crippen molar-refractivity contribution in [3.63, 3.8) is 0 Å². The number of fused-ring (bicyclic) bond motifs is 3. The van der Waals surface area contributed by atoms with E-state index in [1.165, 1.54) is 0 Å². The van der Waals surface area contributed by atoms with Crippen molar-refractivity contribution in [3.8, 4) is 16.9 Å². The van der Waals surface area contributed by atoms with Crippen molar-refractivity contribution in [1.82, 2.24) is 4.90 Å². The van der Waals surface area contributed by atoms with Crippen LogP contribution in [0.4, 0.5) is 21.9 Å². The molecule has 1 atom stereocenters. The Bertz CT molecular complexity index is 1190. The third-order valence-electron chi connectivity index (χ3n) is 6.95. The van der Waals surface area contributed by atoms with Crippen molar-refractivity contribution in [1.29, 1.82) is 0 Å². The number of hydrogen-bond acceptors (Lipinski definition) is 4. The quantitative estimate of drug-likeness (QED) is 0.457. The van der Waals surface area contributed by atoms with Gasteiger partial charge in [-0.15, -0.1) is 0 Å². The molecule has 0 spiro atoms. The molecule has 1 unspecified atom stereocenters. The lowest BCUT2D eigenvalue weighted by molar-refractivity contribution is -0.125. The molecule has 6 rings (SSSR count). The molecule has 2 bridgehead atoms. The molecule has 3 N–H and O–H groups in total. The van der Waals surface area contributed by atoms with Crippen LogP contribution in [0.5, 0.6) is 5.75 Å². The van der Waals surface area contributed by atoms with Crippen molar-refractivity contribution >= 4 is 29.0 Å². The van der Waals surface area contributed by atoms with Crippen LogP contribution < -0.4 is 20.7 Å². The number of carbonyl (C=O) groups excluding carboxylic acids is 2. The molecular weight excluding hydrogens is 440 g/mol. The number of ether oxygens (including phenoxy) is 1. The predicted octanol–water partition coefficient (Wildman–Crippen LogP) is 5.29. The molecule has 35 heavy (non-hydrogen) atoms. The first-order chi connectivity index (χ1) is 17.1. The number of amides is 3. The van der Waals surface area contributed by atoms with Crippen LogP contribution >= 0.6 is 0 Å². The van der Waals surface area contributed by atoms with E-state index in [2.05, 4.69) is 20.9 Å². The highest BCUT2D eigenvalue weighted by atomic mass is 16.5. The predicted molar refractivity (Wildman–Crippen MR) is 139 cm³/mol. The van der Waals surface area contributed by atoms with E-state index in [0.29, 0.717) is 23.0 Å². The molecule has 7 nitrogen and oxygen atoms in total. The summed E-state index contributed by atoms with van der Waals surface area (Å²) in [6.45, 7) is 3.14. The number of urea groups is 1. The summed E-state index contributed by atoms with van der Waals surface area (Å²) in [5.74, 6) is 1.42. The van der Waals surface area contributed by atoms with Gasteiger partial charge in [0.1, 0.15) is 5.75 Å². The molecule has 0 saturated carbocycles. The van der Waals surface area contributed by atoms with E-state index < -0.39 is 0 Å². The molecular formula is C28H30N4O3. The van der Waals surface area contributed by atoms with Crippen LogP contribution in [0, 0.1) is 11.8 Å². The highest BCUT2D eigenvalue weighted by Gasteiger charge is 2.38. The minimum Gasteiger partial charge on any atom is -0.497 e. The second-order valence-electron chi connectivity index (χ2n) is 9.20. The first-order valence-electron chi connectivity index (χ1n) is 12.0. The molecule has 7 heteroatoms. The van der Waals surface area contributed by atoms with Crippen molar-refractivity contribution in [2.75, 3.05) is 42.7 Å². The molecule has 3 heterocycles. The Hall–Kier alpha value is -3.84. The van der Waals surface area contributed by atoms with Crippen LogP contribution in [0.1, 0.15) is 12.8 Å². The van der Waals surface area contributed by atoms with E-state index >= 15 is 0 Å². The number of benzene rings is 3. The van der Waals surface area contributed by atoms with Gasteiger partial charge in [-0.05, 0) is 79.4 Å². The summed E-state index contributed by atoms with van der Waals surface area (Å²) < 4.78 is 5.18. The fourth-order valence-corrected chi connectivity index (χ4v) is 4.98. The van der Waals surface area contributed by atoms with E-state index in [1.54, 1.807) is 19.2 Å². The Labute approximate surface area is 205 Å². The van der Waals surface area contributed by atoms with E-state index in [9.17, 15) is 9.59 Å². The van der Waals surface area contributed by atoms with Gasteiger partial charge in [-0.3, -0.25) is 4.79 Å². The smallest absolute Gasteiger partial charge is 0.323 e. The van der Waals surface area contributed by atoms with Gasteiger partial charge in [-0.25, -0.2) is 4.79 Å². The largest absolute Gasteiger partial charge is 0.497 e. The monoisotopic (exact) mass is 470 g/mol. The third kappa shape index (κ3) is 5.46. The Morgan fingerprint density at radius 2 is 1.40 bits per heavy atom. The average Bonchev–Trinajstić information content (AvgIpc) is 2.90. The van der Waals surface area contributed by atoms with Crippen LogP contribution in [0.2, 0.25) is 0 Å². The van der Waals surface area contributed by atoms with Gasteiger partial charge < -0.3 is 25.6 Å². The zero-order valence-electron chi connectivity index (χ0n) is 19.8. The minimum absolute atomic E-state index is 0.0957. The first kappa shape index (κ1) is 22.9. The lowest BCUT2D eigenvalue weighted by atomic mass is 9.78. The number of nitrogens with zero attached hydrogens (tertiary/aromatic N) is 1. The second kappa shape index (κ2) is 10.2. The van der Waals surface area contributed by atoms with Crippen molar-refractivity contribution < 1.29 is 14.3 Å². The van der Waals surface area contributed by atoms with Crippen molar-refractivity contribution in [2.24, 2.45) is 11.8 Å². The lowest BCUT2D eigenvalue weighted by Gasteiger charge is -2.43. The number of hydrogen-bond donors (Lipinski definition) is 3. The topological polar surface area (TPSA) is 82.7 Å². The number of nitrogens with one attached hydrogen (secondary N) is 3. The molecule has 3 saturated heterocycles. The Balaban J connectivity index is 1.16. The summed E-state index contributed by atoms with van der Waals surface area (Å²) in [4.78, 5) is 27.5. The molecule has 3 aliphatic rings. The summed E-state index contributed by atoms with van der Waals surface area (Å²) in [7, 11) is 1.59.